The number of sulfonamides is 1. The molecule has 0 heterocycles. The smallest absolute Gasteiger partial charge is 0.243 e. The van der Waals surface area contributed by atoms with E-state index in [1.165, 1.54) is 4.31 Å². The van der Waals surface area contributed by atoms with Crippen molar-refractivity contribution in [3.05, 3.63) is 54.1 Å². The number of hydrogen-bond donors (Lipinski definition) is 0. The highest BCUT2D eigenvalue weighted by atomic mass is 32.2. The first kappa shape index (κ1) is 17.8. The van der Waals surface area contributed by atoms with Crippen LogP contribution in [0.1, 0.15) is 5.56 Å². The molecule has 0 fully saturated rings. The third-order valence-electron chi connectivity index (χ3n) is 3.63. The molecule has 4 nitrogen and oxygen atoms in total. The fourth-order valence-electron chi connectivity index (χ4n) is 2.17. The lowest BCUT2D eigenvalue weighted by atomic mass is 10.2. The van der Waals surface area contributed by atoms with E-state index in [9.17, 15) is 8.42 Å². The summed E-state index contributed by atoms with van der Waals surface area (Å²) in [6.07, 6.45) is 1.97. The quantitative estimate of drug-likeness (QED) is 0.750. The molecule has 2 aromatic carbocycles. The molecule has 2 rings (SSSR count). The zero-order chi connectivity index (χ0) is 17.0. The van der Waals surface area contributed by atoms with E-state index in [0.29, 0.717) is 11.4 Å². The van der Waals surface area contributed by atoms with E-state index in [-0.39, 0.29) is 0 Å². The van der Waals surface area contributed by atoms with Crippen molar-refractivity contribution in [1.29, 1.82) is 0 Å². The molecule has 124 valence electrons. The Kier molecular flexibility index (Phi) is 5.73. The predicted octanol–water partition coefficient (Wildman–Crippen LogP) is 3.30. The van der Waals surface area contributed by atoms with Gasteiger partial charge in [-0.3, -0.25) is 0 Å². The Bertz CT molecular complexity index is 739. The van der Waals surface area contributed by atoms with E-state index >= 15 is 0 Å². The molecule has 0 spiro atoms. The van der Waals surface area contributed by atoms with Crippen molar-refractivity contribution >= 4 is 27.5 Å². The van der Waals surface area contributed by atoms with Crippen LogP contribution in [0.3, 0.4) is 0 Å². The molecule has 0 radical (unpaired) electrons. The van der Waals surface area contributed by atoms with Gasteiger partial charge in [0.25, 0.3) is 0 Å². The molecule has 0 saturated carbocycles. The number of hydrogen-bond acceptors (Lipinski definition) is 4. The van der Waals surface area contributed by atoms with Crippen LogP contribution in [-0.4, -0.2) is 40.1 Å². The van der Waals surface area contributed by atoms with Gasteiger partial charge in [-0.2, -0.15) is 4.31 Å². The van der Waals surface area contributed by atoms with Gasteiger partial charge in [-0.25, -0.2) is 8.42 Å². The summed E-state index contributed by atoms with van der Waals surface area (Å²) in [5.41, 5.74) is 2.05. The van der Waals surface area contributed by atoms with E-state index in [1.807, 2.05) is 61.6 Å². The Hall–Kier alpha value is -1.50. The van der Waals surface area contributed by atoms with Crippen LogP contribution < -0.4 is 4.90 Å². The van der Waals surface area contributed by atoms with E-state index in [1.54, 1.807) is 30.9 Å². The monoisotopic (exact) mass is 350 g/mol. The third-order valence-corrected chi connectivity index (χ3v) is 6.19. The van der Waals surface area contributed by atoms with Gasteiger partial charge in [0, 0.05) is 38.3 Å². The average molecular weight is 351 g/mol. The van der Waals surface area contributed by atoms with Crippen LogP contribution in [0.25, 0.3) is 0 Å². The molecule has 0 atom stereocenters. The second kappa shape index (κ2) is 7.38. The lowest BCUT2D eigenvalue weighted by Gasteiger charge is -2.18. The molecule has 0 aliphatic heterocycles. The Morgan fingerprint density at radius 1 is 0.913 bits per heavy atom. The van der Waals surface area contributed by atoms with Gasteiger partial charge in [-0.05, 0) is 48.2 Å². The molecule has 0 bridgehead atoms. The molecule has 0 saturated heterocycles. The number of thioether (sulfide) groups is 1. The fourth-order valence-corrected chi connectivity index (χ4v) is 3.74. The topological polar surface area (TPSA) is 40.6 Å². The van der Waals surface area contributed by atoms with Crippen LogP contribution >= 0.6 is 11.8 Å². The van der Waals surface area contributed by atoms with E-state index in [4.69, 9.17) is 0 Å². The minimum atomic E-state index is -3.47. The minimum absolute atomic E-state index is 0.322. The van der Waals surface area contributed by atoms with Crippen molar-refractivity contribution in [1.82, 2.24) is 4.31 Å². The molecule has 0 aromatic heterocycles. The van der Waals surface area contributed by atoms with Gasteiger partial charge < -0.3 is 4.90 Å². The standard InChI is InChI=1S/C17H22N2O2S2/c1-18(2)15-7-5-14(6-8-15)13-19(3)23(20,21)17-11-9-16(22-4)10-12-17/h5-12H,13H2,1-4H3. The zero-order valence-corrected chi connectivity index (χ0v) is 15.5. The summed E-state index contributed by atoms with van der Waals surface area (Å²) < 4.78 is 26.6. The second-order valence-electron chi connectivity index (χ2n) is 5.50. The van der Waals surface area contributed by atoms with Gasteiger partial charge in [0.1, 0.15) is 0 Å². The molecule has 2 aromatic rings. The van der Waals surface area contributed by atoms with Gasteiger partial charge in [0.15, 0.2) is 0 Å². The van der Waals surface area contributed by atoms with Gasteiger partial charge in [0.05, 0.1) is 4.90 Å². The first-order chi connectivity index (χ1) is 10.8. The number of rotatable bonds is 6. The molecule has 0 unspecified atom stereocenters. The summed E-state index contributed by atoms with van der Waals surface area (Å²) in [5.74, 6) is 0. The summed E-state index contributed by atoms with van der Waals surface area (Å²) >= 11 is 1.59. The molecule has 23 heavy (non-hydrogen) atoms. The van der Waals surface area contributed by atoms with Gasteiger partial charge in [0.2, 0.25) is 10.0 Å². The molecule has 0 amide bonds. The number of nitrogens with zero attached hydrogens (tertiary/aromatic N) is 2. The van der Waals surface area contributed by atoms with Crippen molar-refractivity contribution in [2.75, 3.05) is 32.3 Å². The fraction of sp³-hybridized carbons (Fsp3) is 0.294. The van der Waals surface area contributed by atoms with Crippen LogP contribution in [0, 0.1) is 0 Å². The average Bonchev–Trinajstić information content (AvgIpc) is 2.55. The molecule has 0 aliphatic carbocycles. The van der Waals surface area contributed by atoms with Crippen LogP contribution in [0.2, 0.25) is 0 Å². The molecule has 0 aliphatic rings. The number of benzene rings is 2. The Balaban J connectivity index is 2.15. The highest BCUT2D eigenvalue weighted by Crippen LogP contribution is 2.21. The highest BCUT2D eigenvalue weighted by Gasteiger charge is 2.20. The Labute approximate surface area is 143 Å². The summed E-state index contributed by atoms with van der Waals surface area (Å²) in [6.45, 7) is 0.348. The highest BCUT2D eigenvalue weighted by molar-refractivity contribution is 7.98. The van der Waals surface area contributed by atoms with Crippen molar-refractivity contribution in [3.8, 4) is 0 Å². The summed E-state index contributed by atoms with van der Waals surface area (Å²) in [4.78, 5) is 3.38. The Morgan fingerprint density at radius 3 is 1.96 bits per heavy atom. The molecule has 0 N–H and O–H groups in total. The van der Waals surface area contributed by atoms with Crippen LogP contribution in [0.15, 0.2) is 58.3 Å². The van der Waals surface area contributed by atoms with E-state index < -0.39 is 10.0 Å². The SMILES string of the molecule is CSc1ccc(S(=O)(=O)N(C)Cc2ccc(N(C)C)cc2)cc1. The largest absolute Gasteiger partial charge is 0.378 e. The summed E-state index contributed by atoms with van der Waals surface area (Å²) in [6, 6.07) is 14.9. The molecular formula is C17H22N2O2S2. The van der Waals surface area contributed by atoms with Crippen LogP contribution in [-0.2, 0) is 16.6 Å². The minimum Gasteiger partial charge on any atom is -0.378 e. The van der Waals surface area contributed by atoms with Crippen LogP contribution in [0.4, 0.5) is 5.69 Å². The maximum atomic E-state index is 12.6. The van der Waals surface area contributed by atoms with Gasteiger partial charge in [-0.15, -0.1) is 11.8 Å². The van der Waals surface area contributed by atoms with Crippen molar-refractivity contribution in [2.45, 2.75) is 16.3 Å². The maximum Gasteiger partial charge on any atom is 0.243 e. The van der Waals surface area contributed by atoms with Gasteiger partial charge >= 0.3 is 0 Å². The normalized spacial score (nSPS) is 11.7. The lowest BCUT2D eigenvalue weighted by Crippen LogP contribution is -2.26. The van der Waals surface area contributed by atoms with Crippen LogP contribution in [0.5, 0.6) is 0 Å². The lowest BCUT2D eigenvalue weighted by molar-refractivity contribution is 0.466. The molecular weight excluding hydrogens is 328 g/mol. The predicted molar refractivity (Wildman–Crippen MR) is 97.6 cm³/mol. The summed E-state index contributed by atoms with van der Waals surface area (Å²) in [5, 5.41) is 0. The first-order valence-corrected chi connectivity index (χ1v) is 9.87. The first-order valence-electron chi connectivity index (χ1n) is 7.21. The zero-order valence-electron chi connectivity index (χ0n) is 13.9. The van der Waals surface area contributed by atoms with Crippen molar-refractivity contribution in [2.24, 2.45) is 0 Å². The van der Waals surface area contributed by atoms with E-state index in [2.05, 4.69) is 0 Å². The third kappa shape index (κ3) is 4.28. The molecule has 6 heteroatoms. The number of anilines is 1. The van der Waals surface area contributed by atoms with Gasteiger partial charge in [-0.1, -0.05) is 12.1 Å². The maximum absolute atomic E-state index is 12.6. The second-order valence-corrected chi connectivity index (χ2v) is 8.42. The Morgan fingerprint density at radius 2 is 1.48 bits per heavy atom. The van der Waals surface area contributed by atoms with Crippen molar-refractivity contribution < 1.29 is 8.42 Å². The summed E-state index contributed by atoms with van der Waals surface area (Å²) in [7, 11) is 2.09. The van der Waals surface area contributed by atoms with E-state index in [0.717, 1.165) is 16.1 Å². The van der Waals surface area contributed by atoms with Crippen molar-refractivity contribution in [3.63, 3.8) is 0 Å².